The summed E-state index contributed by atoms with van der Waals surface area (Å²) in [5, 5.41) is 0.965. The van der Waals surface area contributed by atoms with Crippen molar-refractivity contribution in [3.8, 4) is 0 Å². The Morgan fingerprint density at radius 2 is 1.93 bits per heavy atom. The van der Waals surface area contributed by atoms with Gasteiger partial charge in [0.15, 0.2) is 5.03 Å². The number of halogens is 1. The molecule has 0 fully saturated rings. The highest BCUT2D eigenvalue weighted by molar-refractivity contribution is 8.13. The van der Waals surface area contributed by atoms with Gasteiger partial charge in [-0.3, -0.25) is 0 Å². The molecule has 2 aromatic rings. The van der Waals surface area contributed by atoms with E-state index in [9.17, 15) is 8.42 Å². The first-order chi connectivity index (χ1) is 6.50. The molecule has 0 amide bonds. The average Bonchev–Trinajstić information content (AvgIpc) is 2.44. The average molecular weight is 230 g/mol. The quantitative estimate of drug-likeness (QED) is 0.764. The number of aromatic amines is 1. The molecule has 1 aromatic heterocycles. The standard InChI is InChI=1S/C9H8ClNO2S/c1-6-7-4-2-3-5-8(7)11-9(6)14(10,12)13/h2-5,11H,1H3. The first-order valence-electron chi connectivity index (χ1n) is 4.02. The topological polar surface area (TPSA) is 49.9 Å². The molecular formula is C9H8ClNO2S. The van der Waals surface area contributed by atoms with Crippen molar-refractivity contribution in [3.05, 3.63) is 29.8 Å². The second-order valence-electron chi connectivity index (χ2n) is 3.06. The Bertz CT molecular complexity index is 586. The van der Waals surface area contributed by atoms with E-state index in [1.807, 2.05) is 24.3 Å². The molecule has 0 unspecified atom stereocenters. The zero-order valence-electron chi connectivity index (χ0n) is 7.41. The third-order valence-corrected chi connectivity index (χ3v) is 3.52. The highest BCUT2D eigenvalue weighted by atomic mass is 35.7. The third kappa shape index (κ3) is 1.40. The highest BCUT2D eigenvalue weighted by Gasteiger charge is 2.17. The summed E-state index contributed by atoms with van der Waals surface area (Å²) in [5.74, 6) is 0. The van der Waals surface area contributed by atoms with Gasteiger partial charge < -0.3 is 4.98 Å². The van der Waals surface area contributed by atoms with Crippen molar-refractivity contribution >= 4 is 30.6 Å². The summed E-state index contributed by atoms with van der Waals surface area (Å²) in [6.07, 6.45) is 0. The van der Waals surface area contributed by atoms with Gasteiger partial charge in [0, 0.05) is 21.6 Å². The van der Waals surface area contributed by atoms with Crippen molar-refractivity contribution < 1.29 is 8.42 Å². The van der Waals surface area contributed by atoms with E-state index in [-0.39, 0.29) is 5.03 Å². The molecule has 0 aliphatic rings. The predicted molar refractivity (Wildman–Crippen MR) is 56.1 cm³/mol. The van der Waals surface area contributed by atoms with Crippen molar-refractivity contribution in [2.24, 2.45) is 0 Å². The number of benzene rings is 1. The molecule has 1 N–H and O–H groups in total. The first kappa shape index (κ1) is 9.55. The summed E-state index contributed by atoms with van der Waals surface area (Å²) in [6.45, 7) is 1.73. The van der Waals surface area contributed by atoms with E-state index < -0.39 is 9.05 Å². The van der Waals surface area contributed by atoms with Crippen LogP contribution in [0.25, 0.3) is 10.9 Å². The van der Waals surface area contributed by atoms with Crippen LogP contribution in [0.4, 0.5) is 0 Å². The minimum atomic E-state index is -3.68. The normalized spacial score (nSPS) is 12.1. The van der Waals surface area contributed by atoms with Crippen LogP contribution in [-0.4, -0.2) is 13.4 Å². The molecule has 2 rings (SSSR count). The fourth-order valence-electron chi connectivity index (χ4n) is 1.50. The first-order valence-corrected chi connectivity index (χ1v) is 6.33. The molecule has 1 heterocycles. The van der Waals surface area contributed by atoms with Gasteiger partial charge in [-0.25, -0.2) is 8.42 Å². The predicted octanol–water partition coefficient (Wildman–Crippen LogP) is 2.40. The molecule has 0 bridgehead atoms. The second-order valence-corrected chi connectivity index (χ2v) is 5.57. The molecule has 5 heteroatoms. The van der Waals surface area contributed by atoms with E-state index in [1.165, 1.54) is 0 Å². The minimum absolute atomic E-state index is 0.0837. The Hall–Kier alpha value is -1.00. The largest absolute Gasteiger partial charge is 0.344 e. The van der Waals surface area contributed by atoms with Gasteiger partial charge in [-0.15, -0.1) is 0 Å². The van der Waals surface area contributed by atoms with Crippen molar-refractivity contribution in [3.63, 3.8) is 0 Å². The lowest BCUT2D eigenvalue weighted by molar-refractivity contribution is 0.606. The van der Waals surface area contributed by atoms with E-state index in [0.29, 0.717) is 5.56 Å². The van der Waals surface area contributed by atoms with Gasteiger partial charge in [-0.1, -0.05) is 18.2 Å². The number of aryl methyl sites for hydroxylation is 1. The number of H-pyrrole nitrogens is 1. The Labute approximate surface area is 86.1 Å². The Morgan fingerprint density at radius 1 is 1.29 bits per heavy atom. The van der Waals surface area contributed by atoms with Crippen LogP contribution in [0.15, 0.2) is 29.3 Å². The minimum Gasteiger partial charge on any atom is -0.344 e. The number of rotatable bonds is 1. The molecule has 74 valence electrons. The molecule has 0 saturated carbocycles. The fourth-order valence-corrected chi connectivity index (χ4v) is 2.67. The lowest BCUT2D eigenvalue weighted by Crippen LogP contribution is -1.92. The van der Waals surface area contributed by atoms with Crippen LogP contribution in [0, 0.1) is 6.92 Å². The molecule has 3 nitrogen and oxygen atoms in total. The SMILES string of the molecule is Cc1c(S(=O)(=O)Cl)[nH]c2ccccc12. The van der Waals surface area contributed by atoms with Crippen LogP contribution in [0.1, 0.15) is 5.56 Å². The van der Waals surface area contributed by atoms with Gasteiger partial charge in [0.1, 0.15) is 0 Å². The van der Waals surface area contributed by atoms with E-state index in [1.54, 1.807) is 6.92 Å². The van der Waals surface area contributed by atoms with Crippen molar-refractivity contribution in [2.75, 3.05) is 0 Å². The summed E-state index contributed by atoms with van der Waals surface area (Å²) in [7, 11) is 1.60. The molecular weight excluding hydrogens is 222 g/mol. The summed E-state index contributed by atoms with van der Waals surface area (Å²) in [6, 6.07) is 7.36. The zero-order valence-corrected chi connectivity index (χ0v) is 8.98. The maximum Gasteiger partial charge on any atom is 0.276 e. The number of hydrogen-bond donors (Lipinski definition) is 1. The van der Waals surface area contributed by atoms with E-state index in [2.05, 4.69) is 4.98 Å². The summed E-state index contributed by atoms with van der Waals surface area (Å²) < 4.78 is 22.3. The van der Waals surface area contributed by atoms with Gasteiger partial charge in [0.25, 0.3) is 9.05 Å². The third-order valence-electron chi connectivity index (χ3n) is 2.16. The number of nitrogens with one attached hydrogen (secondary N) is 1. The van der Waals surface area contributed by atoms with E-state index in [4.69, 9.17) is 10.7 Å². The highest BCUT2D eigenvalue weighted by Crippen LogP contribution is 2.26. The van der Waals surface area contributed by atoms with Gasteiger partial charge in [-0.05, 0) is 18.6 Å². The molecule has 0 radical (unpaired) electrons. The van der Waals surface area contributed by atoms with E-state index in [0.717, 1.165) is 10.9 Å². The smallest absolute Gasteiger partial charge is 0.276 e. The van der Waals surface area contributed by atoms with Gasteiger partial charge >= 0.3 is 0 Å². The number of aromatic nitrogens is 1. The molecule has 0 aliphatic heterocycles. The molecule has 0 saturated heterocycles. The lowest BCUT2D eigenvalue weighted by atomic mass is 10.2. The molecule has 0 spiro atoms. The van der Waals surface area contributed by atoms with Crippen LogP contribution >= 0.6 is 10.7 Å². The van der Waals surface area contributed by atoms with Crippen LogP contribution in [0.3, 0.4) is 0 Å². The van der Waals surface area contributed by atoms with Crippen molar-refractivity contribution in [1.82, 2.24) is 4.98 Å². The fraction of sp³-hybridized carbons (Fsp3) is 0.111. The number of para-hydroxylation sites is 1. The Kier molecular flexibility index (Phi) is 2.05. The van der Waals surface area contributed by atoms with Gasteiger partial charge in [-0.2, -0.15) is 0 Å². The van der Waals surface area contributed by atoms with Crippen LogP contribution in [0.5, 0.6) is 0 Å². The summed E-state index contributed by atoms with van der Waals surface area (Å²) >= 11 is 0. The second kappa shape index (κ2) is 3.00. The Balaban J connectivity index is 2.89. The number of fused-ring (bicyclic) bond motifs is 1. The maximum atomic E-state index is 11.2. The Morgan fingerprint density at radius 3 is 2.50 bits per heavy atom. The van der Waals surface area contributed by atoms with E-state index >= 15 is 0 Å². The summed E-state index contributed by atoms with van der Waals surface area (Å²) in [5.41, 5.74) is 1.44. The zero-order chi connectivity index (χ0) is 10.3. The van der Waals surface area contributed by atoms with Crippen LogP contribution in [-0.2, 0) is 9.05 Å². The van der Waals surface area contributed by atoms with Crippen LogP contribution < -0.4 is 0 Å². The molecule has 1 aromatic carbocycles. The van der Waals surface area contributed by atoms with Crippen molar-refractivity contribution in [1.29, 1.82) is 0 Å². The summed E-state index contributed by atoms with van der Waals surface area (Å²) in [4.78, 5) is 2.78. The van der Waals surface area contributed by atoms with Crippen molar-refractivity contribution in [2.45, 2.75) is 11.9 Å². The maximum absolute atomic E-state index is 11.2. The number of hydrogen-bond acceptors (Lipinski definition) is 2. The molecule has 0 aliphatic carbocycles. The monoisotopic (exact) mass is 229 g/mol. The molecule has 14 heavy (non-hydrogen) atoms. The van der Waals surface area contributed by atoms with Gasteiger partial charge in [0.05, 0.1) is 0 Å². The molecule has 0 atom stereocenters. The van der Waals surface area contributed by atoms with Gasteiger partial charge in [0.2, 0.25) is 0 Å². The lowest BCUT2D eigenvalue weighted by Gasteiger charge is -1.91. The van der Waals surface area contributed by atoms with Crippen LogP contribution in [0.2, 0.25) is 0 Å².